The van der Waals surface area contributed by atoms with Crippen molar-refractivity contribution < 1.29 is 9.50 Å². The third-order valence-corrected chi connectivity index (χ3v) is 6.24. The molecule has 4 rings (SSSR count). The molecule has 1 fully saturated rings. The Morgan fingerprint density at radius 3 is 2.53 bits per heavy atom. The summed E-state index contributed by atoms with van der Waals surface area (Å²) in [4.78, 5) is 19.9. The summed E-state index contributed by atoms with van der Waals surface area (Å²) in [6.07, 6.45) is 3.71. The van der Waals surface area contributed by atoms with E-state index in [0.29, 0.717) is 12.1 Å². The first-order valence-corrected chi connectivity index (χ1v) is 10.6. The number of fused-ring (bicyclic) bond motifs is 1. The molecule has 1 N–H and O–H groups in total. The summed E-state index contributed by atoms with van der Waals surface area (Å²) < 4.78 is 14.8. The SMILES string of the molecule is Cc1ccc2nc(C)c(CCN3CCC(C(O)c4ccc(F)cc4)CC3)c(=O)n2c1. The molecule has 0 aliphatic carbocycles. The minimum Gasteiger partial charge on any atom is -0.388 e. The third kappa shape index (κ3) is 4.30. The topological polar surface area (TPSA) is 57.8 Å². The number of aryl methyl sites for hydroxylation is 2. The van der Waals surface area contributed by atoms with Gasteiger partial charge in [0.2, 0.25) is 0 Å². The first-order chi connectivity index (χ1) is 14.4. The van der Waals surface area contributed by atoms with Crippen LogP contribution in [0.3, 0.4) is 0 Å². The van der Waals surface area contributed by atoms with E-state index in [1.165, 1.54) is 12.1 Å². The van der Waals surface area contributed by atoms with Crippen LogP contribution in [0.15, 0.2) is 47.4 Å². The van der Waals surface area contributed by atoms with Gasteiger partial charge in [0.25, 0.3) is 5.56 Å². The van der Waals surface area contributed by atoms with E-state index < -0.39 is 6.10 Å². The quantitative estimate of drug-likeness (QED) is 0.701. The van der Waals surface area contributed by atoms with Gasteiger partial charge in [-0.25, -0.2) is 9.37 Å². The van der Waals surface area contributed by atoms with Crippen molar-refractivity contribution in [2.24, 2.45) is 5.92 Å². The summed E-state index contributed by atoms with van der Waals surface area (Å²) in [6.45, 7) is 6.43. The zero-order chi connectivity index (χ0) is 21.3. The van der Waals surface area contributed by atoms with Gasteiger partial charge < -0.3 is 10.0 Å². The van der Waals surface area contributed by atoms with Gasteiger partial charge in [-0.1, -0.05) is 18.2 Å². The molecule has 3 aromatic rings. The van der Waals surface area contributed by atoms with E-state index in [-0.39, 0.29) is 17.3 Å². The van der Waals surface area contributed by atoms with E-state index in [9.17, 15) is 14.3 Å². The van der Waals surface area contributed by atoms with E-state index in [1.54, 1.807) is 16.5 Å². The Morgan fingerprint density at radius 2 is 1.83 bits per heavy atom. The summed E-state index contributed by atoms with van der Waals surface area (Å²) in [5, 5.41) is 10.6. The molecule has 2 aromatic heterocycles. The van der Waals surface area contributed by atoms with Gasteiger partial charge in [-0.2, -0.15) is 0 Å². The number of pyridine rings is 1. The molecule has 0 bridgehead atoms. The van der Waals surface area contributed by atoms with E-state index >= 15 is 0 Å². The molecule has 30 heavy (non-hydrogen) atoms. The predicted octanol–water partition coefficient (Wildman–Crippen LogP) is 3.44. The number of piperidine rings is 1. The Hall–Kier alpha value is -2.57. The lowest BCUT2D eigenvalue weighted by Gasteiger charge is -2.34. The fraction of sp³-hybridized carbons (Fsp3) is 0.417. The normalized spacial score (nSPS) is 16.8. The number of halogens is 1. The highest BCUT2D eigenvalue weighted by Gasteiger charge is 2.26. The maximum Gasteiger partial charge on any atom is 0.261 e. The third-order valence-electron chi connectivity index (χ3n) is 6.24. The second kappa shape index (κ2) is 8.66. The standard InChI is InChI=1S/C24H28FN3O2/c1-16-3-8-22-26-17(2)21(24(30)28(22)15-16)11-14-27-12-9-19(10-13-27)23(29)18-4-6-20(25)7-5-18/h3-8,15,19,23,29H,9-14H2,1-2H3. The van der Waals surface area contributed by atoms with Crippen LogP contribution in [0.5, 0.6) is 0 Å². The number of likely N-dealkylation sites (tertiary alicyclic amines) is 1. The summed E-state index contributed by atoms with van der Waals surface area (Å²) in [7, 11) is 0. The molecular weight excluding hydrogens is 381 g/mol. The van der Waals surface area contributed by atoms with Crippen LogP contribution in [0.1, 0.15) is 41.3 Å². The number of aromatic nitrogens is 2. The monoisotopic (exact) mass is 409 g/mol. The predicted molar refractivity (Wildman–Crippen MR) is 115 cm³/mol. The number of aliphatic hydroxyl groups excluding tert-OH is 1. The molecule has 158 valence electrons. The first-order valence-electron chi connectivity index (χ1n) is 10.6. The Morgan fingerprint density at radius 1 is 1.13 bits per heavy atom. The number of benzene rings is 1. The summed E-state index contributed by atoms with van der Waals surface area (Å²) in [6, 6.07) is 9.96. The molecule has 3 heterocycles. The molecule has 0 spiro atoms. The fourth-order valence-electron chi connectivity index (χ4n) is 4.37. The number of nitrogens with zero attached hydrogens (tertiary/aromatic N) is 3. The highest BCUT2D eigenvalue weighted by atomic mass is 19.1. The smallest absolute Gasteiger partial charge is 0.261 e. The summed E-state index contributed by atoms with van der Waals surface area (Å²) >= 11 is 0. The molecule has 1 saturated heterocycles. The molecule has 0 amide bonds. The maximum absolute atomic E-state index is 13.1. The lowest BCUT2D eigenvalue weighted by Crippen LogP contribution is -2.37. The van der Waals surface area contributed by atoms with Gasteiger partial charge in [0.1, 0.15) is 11.5 Å². The number of rotatable bonds is 5. The van der Waals surface area contributed by atoms with Gasteiger partial charge in [0.05, 0.1) is 6.10 Å². The summed E-state index contributed by atoms with van der Waals surface area (Å²) in [5.74, 6) is -0.116. The molecule has 1 aromatic carbocycles. The number of hydrogen-bond donors (Lipinski definition) is 1. The molecule has 1 atom stereocenters. The van der Waals surface area contributed by atoms with Gasteiger partial charge in [-0.15, -0.1) is 0 Å². The van der Waals surface area contributed by atoms with Crippen LogP contribution in [0.4, 0.5) is 4.39 Å². The lowest BCUT2D eigenvalue weighted by atomic mass is 9.87. The Labute approximate surface area is 175 Å². The second-order valence-electron chi connectivity index (χ2n) is 8.34. The van der Waals surface area contributed by atoms with Crippen LogP contribution < -0.4 is 5.56 Å². The molecule has 1 aliphatic heterocycles. The van der Waals surface area contributed by atoms with E-state index in [2.05, 4.69) is 9.88 Å². The minimum absolute atomic E-state index is 0.0165. The van der Waals surface area contributed by atoms with E-state index in [1.807, 2.05) is 32.2 Å². The molecular formula is C24H28FN3O2. The number of aliphatic hydroxyl groups is 1. The molecule has 1 aliphatic rings. The van der Waals surface area contributed by atoms with Crippen molar-refractivity contribution in [3.05, 3.63) is 81.2 Å². The molecule has 6 heteroatoms. The fourth-order valence-corrected chi connectivity index (χ4v) is 4.37. The van der Waals surface area contributed by atoms with Crippen LogP contribution in [0, 0.1) is 25.6 Å². The van der Waals surface area contributed by atoms with Crippen LogP contribution in [0.25, 0.3) is 5.65 Å². The zero-order valence-corrected chi connectivity index (χ0v) is 17.5. The maximum atomic E-state index is 13.1. The Balaban J connectivity index is 1.38. The van der Waals surface area contributed by atoms with Gasteiger partial charge in [-0.3, -0.25) is 9.20 Å². The van der Waals surface area contributed by atoms with Crippen LogP contribution in [0.2, 0.25) is 0 Å². The van der Waals surface area contributed by atoms with Gasteiger partial charge >= 0.3 is 0 Å². The Kier molecular flexibility index (Phi) is 5.97. The average Bonchev–Trinajstić information content (AvgIpc) is 2.75. The van der Waals surface area contributed by atoms with Crippen molar-refractivity contribution in [3.63, 3.8) is 0 Å². The molecule has 1 unspecified atom stereocenters. The van der Waals surface area contributed by atoms with Crippen molar-refractivity contribution in [3.8, 4) is 0 Å². The van der Waals surface area contributed by atoms with Crippen molar-refractivity contribution >= 4 is 5.65 Å². The largest absolute Gasteiger partial charge is 0.388 e. The first kappa shape index (κ1) is 20.7. The highest BCUT2D eigenvalue weighted by Crippen LogP contribution is 2.30. The van der Waals surface area contributed by atoms with Gasteiger partial charge in [0, 0.05) is 24.0 Å². The van der Waals surface area contributed by atoms with Crippen LogP contribution in [-0.4, -0.2) is 39.0 Å². The minimum atomic E-state index is -0.562. The van der Waals surface area contributed by atoms with Crippen LogP contribution >= 0.6 is 0 Å². The van der Waals surface area contributed by atoms with E-state index in [4.69, 9.17) is 0 Å². The van der Waals surface area contributed by atoms with Gasteiger partial charge in [-0.05, 0) is 81.4 Å². The molecule has 0 saturated carbocycles. The second-order valence-corrected chi connectivity index (χ2v) is 8.34. The van der Waals surface area contributed by atoms with Crippen molar-refractivity contribution in [1.82, 2.24) is 14.3 Å². The van der Waals surface area contributed by atoms with Crippen molar-refractivity contribution in [1.29, 1.82) is 0 Å². The number of hydrogen-bond acceptors (Lipinski definition) is 4. The van der Waals surface area contributed by atoms with Crippen LogP contribution in [-0.2, 0) is 6.42 Å². The summed E-state index contributed by atoms with van der Waals surface area (Å²) in [5.41, 5.74) is 4.07. The average molecular weight is 410 g/mol. The molecule has 0 radical (unpaired) electrons. The van der Waals surface area contributed by atoms with Crippen molar-refractivity contribution in [2.75, 3.05) is 19.6 Å². The molecule has 5 nitrogen and oxygen atoms in total. The lowest BCUT2D eigenvalue weighted by molar-refractivity contribution is 0.0591. The Bertz CT molecular complexity index is 1090. The van der Waals surface area contributed by atoms with E-state index in [0.717, 1.165) is 54.9 Å². The zero-order valence-electron chi connectivity index (χ0n) is 17.5. The van der Waals surface area contributed by atoms with Gasteiger partial charge in [0.15, 0.2) is 0 Å². The highest BCUT2D eigenvalue weighted by molar-refractivity contribution is 5.41. The van der Waals surface area contributed by atoms with Crippen molar-refractivity contribution in [2.45, 2.75) is 39.2 Å².